The fraction of sp³-hybridized carbons (Fsp3) is 0.600. The van der Waals surface area contributed by atoms with Crippen LogP contribution in [0.2, 0.25) is 0 Å². The standard InChI is InChI=1S/C15H23IN2.2ClH/c1-12(2)10-15(18-8-6-17-7-9-18)13-4-3-5-14(16)11-13;;/h3-5,11-12,15,17H,6-10H2,1-2H3;2*1H/t15-;;/m1../s1. The topological polar surface area (TPSA) is 15.3 Å². The Labute approximate surface area is 149 Å². The van der Waals surface area contributed by atoms with E-state index in [-0.39, 0.29) is 24.8 Å². The summed E-state index contributed by atoms with van der Waals surface area (Å²) in [4.78, 5) is 2.64. The number of hydrogen-bond acceptors (Lipinski definition) is 2. The summed E-state index contributed by atoms with van der Waals surface area (Å²) in [5, 5.41) is 3.44. The molecule has 0 amide bonds. The van der Waals surface area contributed by atoms with E-state index in [9.17, 15) is 0 Å². The summed E-state index contributed by atoms with van der Waals surface area (Å²) < 4.78 is 1.34. The first kappa shape index (κ1) is 20.5. The lowest BCUT2D eigenvalue weighted by atomic mass is 9.95. The number of benzene rings is 1. The van der Waals surface area contributed by atoms with Gasteiger partial charge in [-0.25, -0.2) is 0 Å². The summed E-state index contributed by atoms with van der Waals surface area (Å²) in [6.07, 6.45) is 1.25. The van der Waals surface area contributed by atoms with Crippen molar-refractivity contribution in [1.29, 1.82) is 0 Å². The highest BCUT2D eigenvalue weighted by Gasteiger charge is 2.22. The van der Waals surface area contributed by atoms with E-state index in [0.29, 0.717) is 6.04 Å². The molecule has 0 spiro atoms. The van der Waals surface area contributed by atoms with Gasteiger partial charge in [0.1, 0.15) is 0 Å². The highest BCUT2D eigenvalue weighted by Crippen LogP contribution is 2.28. The Morgan fingerprint density at radius 3 is 2.40 bits per heavy atom. The van der Waals surface area contributed by atoms with Gasteiger partial charge in [0, 0.05) is 35.8 Å². The van der Waals surface area contributed by atoms with Gasteiger partial charge in [-0.3, -0.25) is 4.90 Å². The molecule has 2 rings (SSSR count). The lowest BCUT2D eigenvalue weighted by Gasteiger charge is -2.36. The molecule has 1 saturated heterocycles. The number of halogens is 3. The molecule has 1 aromatic rings. The van der Waals surface area contributed by atoms with Crippen molar-refractivity contribution in [3.63, 3.8) is 0 Å². The van der Waals surface area contributed by atoms with Gasteiger partial charge in [0.05, 0.1) is 0 Å². The maximum absolute atomic E-state index is 3.44. The predicted octanol–water partition coefficient (Wildman–Crippen LogP) is 4.13. The van der Waals surface area contributed by atoms with Crippen LogP contribution in [-0.2, 0) is 0 Å². The summed E-state index contributed by atoms with van der Waals surface area (Å²) in [5.41, 5.74) is 1.48. The molecule has 0 bridgehead atoms. The molecule has 1 aliphatic heterocycles. The Bertz CT molecular complexity index is 382. The van der Waals surface area contributed by atoms with Crippen LogP contribution in [0.3, 0.4) is 0 Å². The molecule has 5 heteroatoms. The summed E-state index contributed by atoms with van der Waals surface area (Å²) in [5.74, 6) is 0.739. The molecular formula is C15H25Cl2IN2. The molecule has 1 N–H and O–H groups in total. The van der Waals surface area contributed by atoms with Crippen LogP contribution in [-0.4, -0.2) is 31.1 Å². The zero-order valence-electron chi connectivity index (χ0n) is 12.1. The van der Waals surface area contributed by atoms with E-state index >= 15 is 0 Å². The average molecular weight is 431 g/mol. The van der Waals surface area contributed by atoms with E-state index in [0.717, 1.165) is 19.0 Å². The third-order valence-electron chi connectivity index (χ3n) is 3.52. The summed E-state index contributed by atoms with van der Waals surface area (Å²) in [7, 11) is 0. The second-order valence-electron chi connectivity index (χ2n) is 5.49. The van der Waals surface area contributed by atoms with Gasteiger partial charge < -0.3 is 5.32 Å². The van der Waals surface area contributed by atoms with Crippen molar-refractivity contribution in [2.45, 2.75) is 26.3 Å². The van der Waals surface area contributed by atoms with Gasteiger partial charge in [0.2, 0.25) is 0 Å². The normalized spacial score (nSPS) is 17.2. The molecule has 1 aromatic carbocycles. The minimum absolute atomic E-state index is 0. The van der Waals surface area contributed by atoms with Crippen molar-refractivity contribution < 1.29 is 0 Å². The number of piperazine rings is 1. The second kappa shape index (κ2) is 10.2. The number of rotatable bonds is 4. The van der Waals surface area contributed by atoms with Gasteiger partial charge in [-0.05, 0) is 52.6 Å². The van der Waals surface area contributed by atoms with Gasteiger partial charge in [0.15, 0.2) is 0 Å². The summed E-state index contributed by atoms with van der Waals surface area (Å²) in [6, 6.07) is 9.58. The Hall–Kier alpha value is 0.450. The SMILES string of the molecule is CC(C)C[C@H](c1cccc(I)c1)N1CCNCC1.Cl.Cl. The third kappa shape index (κ3) is 6.06. The quantitative estimate of drug-likeness (QED) is 0.722. The predicted molar refractivity (Wildman–Crippen MR) is 100 cm³/mol. The number of hydrogen-bond donors (Lipinski definition) is 1. The Balaban J connectivity index is 0.00000180. The van der Waals surface area contributed by atoms with Gasteiger partial charge in [-0.2, -0.15) is 0 Å². The highest BCUT2D eigenvalue weighted by molar-refractivity contribution is 14.1. The largest absolute Gasteiger partial charge is 0.314 e. The minimum atomic E-state index is 0. The zero-order chi connectivity index (χ0) is 13.0. The van der Waals surface area contributed by atoms with Crippen molar-refractivity contribution >= 4 is 47.4 Å². The molecule has 1 fully saturated rings. The van der Waals surface area contributed by atoms with Crippen LogP contribution >= 0.6 is 47.4 Å². The van der Waals surface area contributed by atoms with Crippen molar-refractivity contribution in [1.82, 2.24) is 10.2 Å². The lowest BCUT2D eigenvalue weighted by molar-refractivity contribution is 0.154. The first-order valence-electron chi connectivity index (χ1n) is 6.87. The van der Waals surface area contributed by atoms with Crippen LogP contribution < -0.4 is 5.32 Å². The smallest absolute Gasteiger partial charge is 0.0352 e. The lowest BCUT2D eigenvalue weighted by Crippen LogP contribution is -2.45. The molecule has 0 saturated carbocycles. The fourth-order valence-corrected chi connectivity index (χ4v) is 3.22. The van der Waals surface area contributed by atoms with Crippen LogP contribution in [0, 0.1) is 9.49 Å². The highest BCUT2D eigenvalue weighted by atomic mass is 127. The van der Waals surface area contributed by atoms with Crippen molar-refractivity contribution in [2.75, 3.05) is 26.2 Å². The van der Waals surface area contributed by atoms with E-state index in [2.05, 4.69) is 70.9 Å². The molecule has 20 heavy (non-hydrogen) atoms. The molecule has 1 heterocycles. The van der Waals surface area contributed by atoms with Crippen molar-refractivity contribution in [2.24, 2.45) is 5.92 Å². The van der Waals surface area contributed by atoms with Gasteiger partial charge in [0.25, 0.3) is 0 Å². The molecule has 0 aliphatic carbocycles. The maximum atomic E-state index is 3.44. The first-order chi connectivity index (χ1) is 8.66. The van der Waals surface area contributed by atoms with E-state index in [1.165, 1.54) is 28.6 Å². The van der Waals surface area contributed by atoms with Crippen LogP contribution in [0.5, 0.6) is 0 Å². The van der Waals surface area contributed by atoms with E-state index in [1.807, 2.05) is 0 Å². The van der Waals surface area contributed by atoms with Gasteiger partial charge in [-0.1, -0.05) is 26.0 Å². The summed E-state index contributed by atoms with van der Waals surface area (Å²) in [6.45, 7) is 9.23. The van der Waals surface area contributed by atoms with Crippen molar-refractivity contribution in [3.8, 4) is 0 Å². The third-order valence-corrected chi connectivity index (χ3v) is 4.19. The van der Waals surface area contributed by atoms with Crippen LogP contribution in [0.15, 0.2) is 24.3 Å². The van der Waals surface area contributed by atoms with Gasteiger partial charge >= 0.3 is 0 Å². The number of nitrogens with zero attached hydrogens (tertiary/aromatic N) is 1. The molecule has 0 unspecified atom stereocenters. The Morgan fingerprint density at radius 1 is 1.20 bits per heavy atom. The van der Waals surface area contributed by atoms with Crippen molar-refractivity contribution in [3.05, 3.63) is 33.4 Å². The molecule has 1 atom stereocenters. The van der Waals surface area contributed by atoms with Crippen LogP contribution in [0.25, 0.3) is 0 Å². The van der Waals surface area contributed by atoms with Crippen LogP contribution in [0.4, 0.5) is 0 Å². The van der Waals surface area contributed by atoms with E-state index in [4.69, 9.17) is 0 Å². The Morgan fingerprint density at radius 2 is 1.85 bits per heavy atom. The first-order valence-corrected chi connectivity index (χ1v) is 7.95. The average Bonchev–Trinajstić information content (AvgIpc) is 2.37. The molecule has 1 aliphatic rings. The number of nitrogens with one attached hydrogen (secondary N) is 1. The fourth-order valence-electron chi connectivity index (χ4n) is 2.65. The molecule has 0 radical (unpaired) electrons. The molecule has 116 valence electrons. The van der Waals surface area contributed by atoms with E-state index in [1.54, 1.807) is 0 Å². The maximum Gasteiger partial charge on any atom is 0.0352 e. The summed E-state index contributed by atoms with van der Waals surface area (Å²) >= 11 is 2.41. The molecule has 2 nitrogen and oxygen atoms in total. The Kier molecular flexibility index (Phi) is 10.5. The minimum Gasteiger partial charge on any atom is -0.314 e. The van der Waals surface area contributed by atoms with E-state index < -0.39 is 0 Å². The van der Waals surface area contributed by atoms with Gasteiger partial charge in [-0.15, -0.1) is 24.8 Å². The second-order valence-corrected chi connectivity index (χ2v) is 6.73. The molecular weight excluding hydrogens is 406 g/mol. The monoisotopic (exact) mass is 430 g/mol. The van der Waals surface area contributed by atoms with Crippen LogP contribution in [0.1, 0.15) is 31.9 Å². The molecule has 0 aromatic heterocycles. The zero-order valence-corrected chi connectivity index (χ0v) is 15.9.